The fourth-order valence-corrected chi connectivity index (χ4v) is 5.77. The van der Waals surface area contributed by atoms with Crippen molar-refractivity contribution in [3.8, 4) is 0 Å². The first kappa shape index (κ1) is 43.7. The van der Waals surface area contributed by atoms with Crippen LogP contribution >= 0.6 is 0 Å². The number of ether oxygens (including phenoxy) is 2. The highest BCUT2D eigenvalue weighted by molar-refractivity contribution is 6.03. The average Bonchev–Trinajstić information content (AvgIpc) is 3.09. The molecule has 49 heavy (non-hydrogen) atoms. The Balaban J connectivity index is 3.67. The van der Waals surface area contributed by atoms with Crippen LogP contribution in [-0.4, -0.2) is 68.4 Å². The highest BCUT2D eigenvalue weighted by atomic mass is 16.5. The predicted octanol–water partition coefficient (Wildman–Crippen LogP) is 9.64. The van der Waals surface area contributed by atoms with E-state index >= 15 is 0 Å². The second kappa shape index (κ2) is 24.8. The molecule has 3 N–H and O–H groups in total. The molecule has 1 aliphatic rings. The van der Waals surface area contributed by atoms with Crippen molar-refractivity contribution in [3.63, 3.8) is 0 Å². The Morgan fingerprint density at radius 1 is 1.04 bits per heavy atom. The Labute approximate surface area is 299 Å². The van der Waals surface area contributed by atoms with Crippen LogP contribution in [0, 0.1) is 11.3 Å². The number of nitrogens with one attached hydrogen (secondary N) is 1. The Kier molecular flexibility index (Phi) is 22.1. The molecule has 0 saturated carbocycles. The van der Waals surface area contributed by atoms with Crippen molar-refractivity contribution < 1.29 is 14.3 Å². The van der Waals surface area contributed by atoms with Gasteiger partial charge in [-0.05, 0) is 114 Å². The number of rotatable bonds is 22. The summed E-state index contributed by atoms with van der Waals surface area (Å²) in [4.78, 5) is 20.2. The number of aliphatic imine (C=N–C) groups is 1. The van der Waals surface area contributed by atoms with Crippen LogP contribution in [0.15, 0.2) is 86.5 Å². The van der Waals surface area contributed by atoms with Crippen LogP contribution in [0.5, 0.6) is 0 Å². The van der Waals surface area contributed by atoms with E-state index in [1.165, 1.54) is 11.1 Å². The molecule has 0 aromatic heterocycles. The van der Waals surface area contributed by atoms with E-state index in [0.717, 1.165) is 86.0 Å². The lowest BCUT2D eigenvalue weighted by atomic mass is 9.88. The van der Waals surface area contributed by atoms with Crippen LogP contribution in [0.4, 0.5) is 0 Å². The first-order chi connectivity index (χ1) is 23.4. The normalized spacial score (nSPS) is 17.1. The summed E-state index contributed by atoms with van der Waals surface area (Å²) in [6.07, 6.45) is 17.4. The van der Waals surface area contributed by atoms with Crippen molar-refractivity contribution in [2.75, 3.05) is 46.1 Å². The molecular weight excluding hydrogens is 608 g/mol. The fraction of sp³-hybridized carbons (Fsp3) is 0.595. The molecule has 1 heterocycles. The van der Waals surface area contributed by atoms with Gasteiger partial charge in [-0.3, -0.25) is 9.79 Å². The van der Waals surface area contributed by atoms with Crippen LogP contribution < -0.4 is 5.73 Å². The van der Waals surface area contributed by atoms with Gasteiger partial charge in [-0.2, -0.15) is 0 Å². The van der Waals surface area contributed by atoms with Crippen LogP contribution in [0.2, 0.25) is 0 Å². The first-order valence-electron chi connectivity index (χ1n) is 18.5. The third-order valence-electron chi connectivity index (χ3n) is 9.15. The maximum atomic E-state index is 13.4. The van der Waals surface area contributed by atoms with Gasteiger partial charge in [-0.1, -0.05) is 69.9 Å². The molecule has 0 radical (unpaired) electrons. The number of unbranched alkanes of at least 4 members (excludes halogenated alkanes) is 1. The van der Waals surface area contributed by atoms with Gasteiger partial charge in [0.2, 0.25) is 0 Å². The van der Waals surface area contributed by atoms with Gasteiger partial charge in [0.05, 0.1) is 19.8 Å². The third kappa shape index (κ3) is 15.9. The second-order valence-corrected chi connectivity index (χ2v) is 13.2. The van der Waals surface area contributed by atoms with E-state index in [9.17, 15) is 4.79 Å². The molecule has 1 atom stereocenters. The molecule has 7 heteroatoms. The number of nitrogens with zero attached hydrogens (tertiary/aromatic N) is 2. The monoisotopic (exact) mass is 677 g/mol. The molecule has 1 amide bonds. The molecule has 1 saturated heterocycles. The van der Waals surface area contributed by atoms with Crippen LogP contribution in [0.25, 0.3) is 0 Å². The number of carbonyl (C=O) groups is 1. The van der Waals surface area contributed by atoms with Gasteiger partial charge in [0.15, 0.2) is 0 Å². The van der Waals surface area contributed by atoms with Gasteiger partial charge >= 0.3 is 0 Å². The smallest absolute Gasteiger partial charge is 0.253 e. The third-order valence-corrected chi connectivity index (χ3v) is 9.15. The molecular formula is C42H68N4O3. The molecule has 274 valence electrons. The van der Waals surface area contributed by atoms with E-state index in [2.05, 4.69) is 74.1 Å². The zero-order valence-electron chi connectivity index (χ0n) is 32.5. The number of morpholine rings is 1. The van der Waals surface area contributed by atoms with Gasteiger partial charge in [-0.25, -0.2) is 0 Å². The molecule has 0 aromatic carbocycles. The lowest BCUT2D eigenvalue weighted by molar-refractivity contribution is -0.130. The lowest BCUT2D eigenvalue weighted by Gasteiger charge is -2.27. The standard InChI is InChI=1S/C42H68N4O3/c1-11-18-31(6)27-33(8)39(40(43)19-12-2)30-45-41(44)38(35(10)34(9)32(7)20-16-17-24-48-23-13-3)29-36(14-4)28-37(15-5)42(47)46-21-25-49-26-22-46/h11,15,27-29,32,43H,1,12-14,16-26,30H2,2-10H3,(H2,44,45)/b31-27-,35-34+,36-28+,37-15+,38-29+,39-33-,43-40?. The molecule has 1 aliphatic heterocycles. The van der Waals surface area contributed by atoms with Crippen molar-refractivity contribution in [3.05, 3.63) is 81.5 Å². The van der Waals surface area contributed by atoms with Gasteiger partial charge < -0.3 is 25.5 Å². The maximum Gasteiger partial charge on any atom is 0.253 e. The highest BCUT2D eigenvalue weighted by Gasteiger charge is 2.20. The number of allylic oxidation sites excluding steroid dienone is 8. The van der Waals surface area contributed by atoms with Crippen molar-refractivity contribution in [1.29, 1.82) is 5.41 Å². The molecule has 1 rings (SSSR count). The molecule has 1 unspecified atom stereocenters. The Morgan fingerprint density at radius 2 is 1.73 bits per heavy atom. The Morgan fingerprint density at radius 3 is 2.33 bits per heavy atom. The predicted molar refractivity (Wildman–Crippen MR) is 211 cm³/mol. The summed E-state index contributed by atoms with van der Waals surface area (Å²) in [6.45, 7) is 27.1. The van der Waals surface area contributed by atoms with Crippen LogP contribution in [0.1, 0.15) is 114 Å². The number of carbonyl (C=O) groups excluding carboxylic acids is 1. The zero-order valence-corrected chi connectivity index (χ0v) is 32.5. The van der Waals surface area contributed by atoms with E-state index in [-0.39, 0.29) is 5.91 Å². The summed E-state index contributed by atoms with van der Waals surface area (Å²) in [6, 6.07) is 0. The van der Waals surface area contributed by atoms with Crippen LogP contribution in [-0.2, 0) is 14.3 Å². The minimum absolute atomic E-state index is 0.0211. The van der Waals surface area contributed by atoms with Crippen molar-refractivity contribution in [2.45, 2.75) is 114 Å². The van der Waals surface area contributed by atoms with Gasteiger partial charge in [0.25, 0.3) is 5.91 Å². The minimum atomic E-state index is 0.0211. The van der Waals surface area contributed by atoms with Gasteiger partial charge in [-0.15, -0.1) is 6.58 Å². The summed E-state index contributed by atoms with van der Waals surface area (Å²) >= 11 is 0. The first-order valence-corrected chi connectivity index (χ1v) is 18.5. The number of amides is 1. The highest BCUT2D eigenvalue weighted by Crippen LogP contribution is 2.27. The topological polar surface area (TPSA) is 101 Å². The summed E-state index contributed by atoms with van der Waals surface area (Å²) in [5, 5.41) is 8.86. The quantitative estimate of drug-likeness (QED) is 0.0298. The number of amidine groups is 1. The second-order valence-electron chi connectivity index (χ2n) is 13.2. The van der Waals surface area contributed by atoms with Gasteiger partial charge in [0, 0.05) is 43.2 Å². The number of hydrogen-bond donors (Lipinski definition) is 2. The van der Waals surface area contributed by atoms with Crippen molar-refractivity contribution in [1.82, 2.24) is 4.90 Å². The average molecular weight is 677 g/mol. The largest absolute Gasteiger partial charge is 0.383 e. The zero-order chi connectivity index (χ0) is 36.8. The van der Waals surface area contributed by atoms with E-state index in [1.807, 2.05) is 30.1 Å². The minimum Gasteiger partial charge on any atom is -0.383 e. The summed E-state index contributed by atoms with van der Waals surface area (Å²) < 4.78 is 11.2. The Bertz CT molecular complexity index is 1300. The van der Waals surface area contributed by atoms with E-state index < -0.39 is 0 Å². The number of nitrogens with two attached hydrogens (primary N) is 1. The molecule has 1 fully saturated rings. The molecule has 0 bridgehead atoms. The molecule has 0 aliphatic carbocycles. The molecule has 0 aromatic rings. The van der Waals surface area contributed by atoms with E-state index in [0.29, 0.717) is 62.3 Å². The Hall–Kier alpha value is -3.29. The summed E-state index contributed by atoms with van der Waals surface area (Å²) in [5.41, 5.74) is 15.6. The van der Waals surface area contributed by atoms with Crippen molar-refractivity contribution in [2.24, 2.45) is 16.6 Å². The van der Waals surface area contributed by atoms with Crippen molar-refractivity contribution >= 4 is 17.5 Å². The SMILES string of the molecule is C=CC/C(C)=C\C(C)=C(\CN=C(N)C(=C/C(=C/C(=C\C)C(=O)N1CCOCC1)CC)/C(C)=C(\C)C(C)CCCCOCCC)C(=N)CCC. The summed E-state index contributed by atoms with van der Waals surface area (Å²) in [7, 11) is 0. The van der Waals surface area contributed by atoms with Crippen LogP contribution in [0.3, 0.4) is 0 Å². The van der Waals surface area contributed by atoms with E-state index in [4.69, 9.17) is 25.6 Å². The summed E-state index contributed by atoms with van der Waals surface area (Å²) in [5.74, 6) is 0.825. The fourth-order valence-electron chi connectivity index (χ4n) is 5.77. The number of hydrogen-bond acceptors (Lipinski definition) is 5. The lowest BCUT2D eigenvalue weighted by Crippen LogP contribution is -2.41. The van der Waals surface area contributed by atoms with E-state index in [1.54, 1.807) is 0 Å². The molecule has 0 spiro atoms. The van der Waals surface area contributed by atoms with Gasteiger partial charge in [0.1, 0.15) is 5.84 Å². The maximum absolute atomic E-state index is 13.4. The molecule has 7 nitrogen and oxygen atoms in total.